The first-order valence-electron chi connectivity index (χ1n) is 9.52. The lowest BCUT2D eigenvalue weighted by Crippen LogP contribution is -2.37. The number of nitrogens with zero attached hydrogens (tertiary/aromatic N) is 2. The van der Waals surface area contributed by atoms with Crippen LogP contribution in [0, 0.1) is 0 Å². The fraction of sp³-hybridized carbons (Fsp3) is 0.125. The van der Waals surface area contributed by atoms with Gasteiger partial charge in [-0.05, 0) is 43.3 Å². The number of likely N-dealkylation sites (N-methyl/N-ethyl adjacent to an activating group) is 1. The monoisotopic (exact) mass is 400 g/mol. The van der Waals surface area contributed by atoms with Gasteiger partial charge in [-0.2, -0.15) is 0 Å². The normalized spacial score (nSPS) is 11.8. The van der Waals surface area contributed by atoms with Crippen LogP contribution in [-0.4, -0.2) is 30.0 Å². The number of aromatic nitrogens is 1. The van der Waals surface area contributed by atoms with Crippen molar-refractivity contribution in [1.29, 1.82) is 0 Å². The van der Waals surface area contributed by atoms with Crippen molar-refractivity contribution in [2.24, 2.45) is 0 Å². The molecule has 0 bridgehead atoms. The molecule has 0 unspecified atom stereocenters. The van der Waals surface area contributed by atoms with Gasteiger partial charge in [0.15, 0.2) is 11.9 Å². The van der Waals surface area contributed by atoms with Gasteiger partial charge in [-0.15, -0.1) is 0 Å². The number of benzene rings is 2. The summed E-state index contributed by atoms with van der Waals surface area (Å²) in [5.41, 5.74) is 2.21. The van der Waals surface area contributed by atoms with Crippen molar-refractivity contribution < 1.29 is 18.7 Å². The molecule has 4 aromatic rings. The zero-order valence-corrected chi connectivity index (χ0v) is 16.6. The van der Waals surface area contributed by atoms with Gasteiger partial charge in [-0.3, -0.25) is 4.79 Å². The maximum absolute atomic E-state index is 13.0. The van der Waals surface area contributed by atoms with Crippen molar-refractivity contribution in [2.75, 3.05) is 11.9 Å². The Hall–Kier alpha value is -3.93. The topological polar surface area (TPSA) is 72.6 Å². The highest BCUT2D eigenvalue weighted by Crippen LogP contribution is 2.26. The van der Waals surface area contributed by atoms with E-state index in [0.29, 0.717) is 27.9 Å². The molecule has 6 nitrogen and oxygen atoms in total. The van der Waals surface area contributed by atoms with Gasteiger partial charge in [0.2, 0.25) is 0 Å². The molecule has 0 aliphatic heterocycles. The second-order valence-corrected chi connectivity index (χ2v) is 6.83. The summed E-state index contributed by atoms with van der Waals surface area (Å²) in [6.07, 6.45) is 0.589. The fourth-order valence-electron chi connectivity index (χ4n) is 3.22. The Labute approximate surface area is 173 Å². The molecule has 1 amide bonds. The zero-order valence-electron chi connectivity index (χ0n) is 16.6. The van der Waals surface area contributed by atoms with E-state index in [1.165, 1.54) is 4.90 Å². The molecule has 0 saturated carbocycles. The third kappa shape index (κ3) is 3.80. The molecule has 0 aliphatic rings. The van der Waals surface area contributed by atoms with Gasteiger partial charge in [-0.1, -0.05) is 36.4 Å². The third-order valence-electron chi connectivity index (χ3n) is 4.82. The van der Waals surface area contributed by atoms with E-state index in [1.54, 1.807) is 44.5 Å². The Morgan fingerprint density at radius 1 is 1.00 bits per heavy atom. The molecule has 150 valence electrons. The third-order valence-corrected chi connectivity index (χ3v) is 4.82. The van der Waals surface area contributed by atoms with Crippen LogP contribution in [0.5, 0.6) is 0 Å². The lowest BCUT2D eigenvalue weighted by atomic mass is 10.1. The Kier molecular flexibility index (Phi) is 5.30. The SMILES string of the molecule is C[C@@H](OC(=O)c1cc(-c2ccco2)nc2ccccc12)C(=O)N(C)c1ccccc1. The predicted molar refractivity (Wildman–Crippen MR) is 114 cm³/mol. The molecular weight excluding hydrogens is 380 g/mol. The number of para-hydroxylation sites is 2. The quantitative estimate of drug-likeness (QED) is 0.454. The number of ether oxygens (including phenoxy) is 1. The van der Waals surface area contributed by atoms with Crippen LogP contribution < -0.4 is 4.90 Å². The first-order valence-corrected chi connectivity index (χ1v) is 9.52. The number of amides is 1. The standard InChI is InChI=1S/C24H20N2O4/c1-16(23(27)26(2)17-9-4-3-5-10-17)30-24(28)19-15-21(22-13-8-14-29-22)25-20-12-7-6-11-18(19)20/h3-16H,1-2H3/t16-/m1/s1. The van der Waals surface area contributed by atoms with E-state index in [4.69, 9.17) is 9.15 Å². The van der Waals surface area contributed by atoms with Crippen molar-refractivity contribution in [3.8, 4) is 11.5 Å². The number of rotatable bonds is 5. The van der Waals surface area contributed by atoms with Crippen molar-refractivity contribution in [2.45, 2.75) is 13.0 Å². The molecule has 2 aromatic carbocycles. The second kappa shape index (κ2) is 8.21. The van der Waals surface area contributed by atoms with Gasteiger partial charge >= 0.3 is 5.97 Å². The van der Waals surface area contributed by atoms with E-state index < -0.39 is 12.1 Å². The largest absolute Gasteiger partial charge is 0.463 e. The van der Waals surface area contributed by atoms with Crippen molar-refractivity contribution in [3.63, 3.8) is 0 Å². The predicted octanol–water partition coefficient (Wildman–Crippen LogP) is 4.70. The summed E-state index contributed by atoms with van der Waals surface area (Å²) in [5.74, 6) is -0.370. The number of esters is 1. The highest BCUT2D eigenvalue weighted by atomic mass is 16.5. The molecule has 0 aliphatic carbocycles. The molecule has 30 heavy (non-hydrogen) atoms. The van der Waals surface area contributed by atoms with E-state index in [0.717, 1.165) is 5.69 Å². The number of fused-ring (bicyclic) bond motifs is 1. The van der Waals surface area contributed by atoms with Gasteiger partial charge in [0.05, 0.1) is 17.3 Å². The minimum absolute atomic E-state index is 0.320. The van der Waals surface area contributed by atoms with Crippen molar-refractivity contribution in [3.05, 3.63) is 84.6 Å². The number of pyridine rings is 1. The second-order valence-electron chi connectivity index (χ2n) is 6.83. The molecule has 4 rings (SSSR count). The van der Waals surface area contributed by atoms with Crippen LogP contribution in [0.2, 0.25) is 0 Å². The van der Waals surface area contributed by atoms with E-state index >= 15 is 0 Å². The Balaban J connectivity index is 1.62. The number of hydrogen-bond donors (Lipinski definition) is 0. The van der Waals surface area contributed by atoms with Crippen LogP contribution in [0.25, 0.3) is 22.4 Å². The van der Waals surface area contributed by atoms with Gasteiger partial charge in [-0.25, -0.2) is 9.78 Å². The fourth-order valence-corrected chi connectivity index (χ4v) is 3.22. The first kappa shape index (κ1) is 19.4. The van der Waals surface area contributed by atoms with Crippen LogP contribution in [0.15, 0.2) is 83.5 Å². The van der Waals surface area contributed by atoms with E-state index in [-0.39, 0.29) is 5.91 Å². The number of anilines is 1. The summed E-state index contributed by atoms with van der Waals surface area (Å²) in [4.78, 5) is 31.8. The average Bonchev–Trinajstić information content (AvgIpc) is 3.33. The van der Waals surface area contributed by atoms with Gasteiger partial charge in [0.25, 0.3) is 5.91 Å². The van der Waals surface area contributed by atoms with Crippen LogP contribution >= 0.6 is 0 Å². The Morgan fingerprint density at radius 2 is 1.73 bits per heavy atom. The molecule has 0 spiro atoms. The van der Waals surface area contributed by atoms with E-state index in [2.05, 4.69) is 4.98 Å². The molecule has 0 saturated heterocycles. The lowest BCUT2D eigenvalue weighted by Gasteiger charge is -2.21. The van der Waals surface area contributed by atoms with Gasteiger partial charge < -0.3 is 14.1 Å². The highest BCUT2D eigenvalue weighted by molar-refractivity contribution is 6.06. The van der Waals surface area contributed by atoms with Gasteiger partial charge in [0, 0.05) is 18.1 Å². The molecule has 6 heteroatoms. The van der Waals surface area contributed by atoms with Crippen LogP contribution in [-0.2, 0) is 9.53 Å². The van der Waals surface area contributed by atoms with E-state index in [9.17, 15) is 9.59 Å². The van der Waals surface area contributed by atoms with E-state index in [1.807, 2.05) is 48.5 Å². The lowest BCUT2D eigenvalue weighted by molar-refractivity contribution is -0.126. The summed E-state index contributed by atoms with van der Waals surface area (Å²) < 4.78 is 11.0. The average molecular weight is 400 g/mol. The number of furan rings is 1. The number of carbonyl (C=O) groups excluding carboxylic acids is 2. The van der Waals surface area contributed by atoms with Crippen molar-refractivity contribution in [1.82, 2.24) is 4.98 Å². The molecule has 0 fully saturated rings. The summed E-state index contributed by atoms with van der Waals surface area (Å²) in [7, 11) is 1.65. The zero-order chi connectivity index (χ0) is 21.1. The van der Waals surface area contributed by atoms with Gasteiger partial charge in [0.1, 0.15) is 5.69 Å². The minimum atomic E-state index is -0.957. The van der Waals surface area contributed by atoms with Crippen LogP contribution in [0.4, 0.5) is 5.69 Å². The Morgan fingerprint density at radius 3 is 2.47 bits per heavy atom. The molecular formula is C24H20N2O4. The summed E-state index contributed by atoms with van der Waals surface area (Å²) in [6, 6.07) is 21.6. The highest BCUT2D eigenvalue weighted by Gasteiger charge is 2.24. The number of hydrogen-bond acceptors (Lipinski definition) is 5. The van der Waals surface area contributed by atoms with Crippen LogP contribution in [0.3, 0.4) is 0 Å². The molecule has 2 heterocycles. The number of carbonyl (C=O) groups is 2. The van der Waals surface area contributed by atoms with Crippen molar-refractivity contribution >= 4 is 28.5 Å². The summed E-state index contributed by atoms with van der Waals surface area (Å²) in [5, 5.41) is 0.647. The molecule has 1 atom stereocenters. The Bertz CT molecular complexity index is 1190. The first-order chi connectivity index (χ1) is 14.5. The molecule has 0 radical (unpaired) electrons. The van der Waals surface area contributed by atoms with Crippen LogP contribution in [0.1, 0.15) is 17.3 Å². The summed E-state index contributed by atoms with van der Waals surface area (Å²) in [6.45, 7) is 1.57. The minimum Gasteiger partial charge on any atom is -0.463 e. The summed E-state index contributed by atoms with van der Waals surface area (Å²) >= 11 is 0. The maximum atomic E-state index is 13.0. The molecule has 2 aromatic heterocycles. The molecule has 0 N–H and O–H groups in total. The smallest absolute Gasteiger partial charge is 0.339 e. The maximum Gasteiger partial charge on any atom is 0.339 e.